The van der Waals surface area contributed by atoms with Crippen LogP contribution in [0.1, 0.15) is 18.2 Å². The lowest BCUT2D eigenvalue weighted by Crippen LogP contribution is -2.01. The first kappa shape index (κ1) is 32.4. The van der Waals surface area contributed by atoms with Crippen LogP contribution < -0.4 is 4.74 Å². The highest BCUT2D eigenvalue weighted by atomic mass is 19.1. The van der Waals surface area contributed by atoms with E-state index in [1.54, 1.807) is 30.3 Å². The molecule has 0 saturated carbocycles. The number of allylic oxidation sites excluding steroid dienone is 1. The molecule has 0 radical (unpaired) electrons. The predicted octanol–water partition coefficient (Wildman–Crippen LogP) is 11.9. The maximum absolute atomic E-state index is 16.0. The van der Waals surface area contributed by atoms with Crippen molar-refractivity contribution in [2.75, 3.05) is 7.11 Å². The van der Waals surface area contributed by atoms with E-state index < -0.39 is 16.6 Å². The molecule has 0 bridgehead atoms. The van der Waals surface area contributed by atoms with Gasteiger partial charge in [-0.2, -0.15) is 0 Å². The third-order valence-electron chi connectivity index (χ3n) is 9.57. The summed E-state index contributed by atoms with van der Waals surface area (Å²) in [5, 5.41) is 15.5. The van der Waals surface area contributed by atoms with E-state index in [1.165, 1.54) is 19.2 Å². The standard InChI is InChI=1S/C44H31F2N3O3/c1-4-12-29-30-13-6-9-16-40(30)47(39(29)5-2)28-20-22-44(52-3)36(24-28)34-25-33(37(45)26-38(34)46)35-23-27(19-21-43(35)49(50)51)48-41-17-10-7-14-31(41)32-15-8-11-18-42(32)48/h4-26H,2H2,1,3H3/b12-4-. The summed E-state index contributed by atoms with van der Waals surface area (Å²) in [7, 11) is 1.48. The number of rotatable bonds is 8. The van der Waals surface area contributed by atoms with Gasteiger partial charge >= 0.3 is 0 Å². The predicted molar refractivity (Wildman–Crippen MR) is 206 cm³/mol. The van der Waals surface area contributed by atoms with Crippen molar-refractivity contribution in [3.8, 4) is 39.4 Å². The van der Waals surface area contributed by atoms with Crippen LogP contribution in [0.15, 0.2) is 134 Å². The minimum absolute atomic E-state index is 0.0135. The summed E-state index contributed by atoms with van der Waals surface area (Å²) >= 11 is 0. The van der Waals surface area contributed by atoms with Gasteiger partial charge in [0.2, 0.25) is 0 Å². The van der Waals surface area contributed by atoms with E-state index in [4.69, 9.17) is 4.74 Å². The SMILES string of the molecule is C=Cc1c(/C=C\C)c2ccccc2n1-c1ccc(OC)c(-c2cc(-c3cc(-n4c5ccccc5c5ccccc54)ccc3[N+](=O)[O-])c(F)cc2F)c1. The molecule has 0 unspecified atom stereocenters. The molecular formula is C44H31F2N3O3. The number of aromatic nitrogens is 2. The van der Waals surface area contributed by atoms with E-state index in [9.17, 15) is 10.1 Å². The molecule has 52 heavy (non-hydrogen) atoms. The van der Waals surface area contributed by atoms with E-state index in [1.807, 2.05) is 107 Å². The van der Waals surface area contributed by atoms with Crippen LogP contribution in [0.4, 0.5) is 14.5 Å². The molecule has 0 aliphatic carbocycles. The zero-order chi connectivity index (χ0) is 36.1. The molecule has 2 heterocycles. The first-order chi connectivity index (χ1) is 25.3. The molecule has 8 aromatic rings. The number of nitrogens with zero attached hydrogens (tertiary/aromatic N) is 3. The van der Waals surface area contributed by atoms with Crippen molar-refractivity contribution >= 4 is 50.5 Å². The molecular weight excluding hydrogens is 656 g/mol. The molecule has 0 N–H and O–H groups in total. The van der Waals surface area contributed by atoms with E-state index in [2.05, 4.69) is 6.58 Å². The monoisotopic (exact) mass is 687 g/mol. The van der Waals surface area contributed by atoms with Crippen molar-refractivity contribution in [2.24, 2.45) is 0 Å². The fourth-order valence-electron chi connectivity index (χ4n) is 7.35. The number of nitro benzene ring substituents is 1. The van der Waals surface area contributed by atoms with Crippen LogP contribution in [0.3, 0.4) is 0 Å². The summed E-state index contributed by atoms with van der Waals surface area (Å²) in [6, 6.07) is 35.8. The average molecular weight is 688 g/mol. The van der Waals surface area contributed by atoms with Gasteiger partial charge in [0, 0.05) is 61.9 Å². The molecule has 254 valence electrons. The number of ether oxygens (including phenoxy) is 1. The van der Waals surface area contributed by atoms with Gasteiger partial charge in [-0.3, -0.25) is 10.1 Å². The Morgan fingerprint density at radius 1 is 0.673 bits per heavy atom. The number of fused-ring (bicyclic) bond motifs is 4. The average Bonchev–Trinajstić information content (AvgIpc) is 3.67. The first-order valence-electron chi connectivity index (χ1n) is 16.7. The van der Waals surface area contributed by atoms with Crippen molar-refractivity contribution in [3.63, 3.8) is 0 Å². The largest absolute Gasteiger partial charge is 0.496 e. The number of halogens is 2. The van der Waals surface area contributed by atoms with Gasteiger partial charge in [0.25, 0.3) is 5.69 Å². The topological polar surface area (TPSA) is 62.2 Å². The molecule has 6 nitrogen and oxygen atoms in total. The number of hydrogen-bond acceptors (Lipinski definition) is 3. The highest BCUT2D eigenvalue weighted by Crippen LogP contribution is 2.42. The van der Waals surface area contributed by atoms with Crippen molar-refractivity contribution < 1.29 is 18.4 Å². The third kappa shape index (κ3) is 5.07. The van der Waals surface area contributed by atoms with Crippen LogP contribution in [0.2, 0.25) is 0 Å². The summed E-state index contributed by atoms with van der Waals surface area (Å²) in [5.74, 6) is -1.42. The Balaban J connectivity index is 1.35. The summed E-state index contributed by atoms with van der Waals surface area (Å²) in [6.45, 7) is 6.03. The van der Waals surface area contributed by atoms with Crippen LogP contribution in [0.25, 0.3) is 78.5 Å². The molecule has 6 aromatic carbocycles. The minimum Gasteiger partial charge on any atom is -0.496 e. The smallest absolute Gasteiger partial charge is 0.277 e. The van der Waals surface area contributed by atoms with Crippen LogP contribution in [-0.4, -0.2) is 21.2 Å². The van der Waals surface area contributed by atoms with Gasteiger partial charge in [0.15, 0.2) is 0 Å². The van der Waals surface area contributed by atoms with Gasteiger partial charge in [-0.15, -0.1) is 0 Å². The lowest BCUT2D eigenvalue weighted by Gasteiger charge is -2.16. The molecule has 0 atom stereocenters. The summed E-state index contributed by atoms with van der Waals surface area (Å²) in [5.41, 5.74) is 5.76. The van der Waals surface area contributed by atoms with Crippen molar-refractivity contribution in [3.05, 3.63) is 167 Å². The zero-order valence-corrected chi connectivity index (χ0v) is 28.3. The fraction of sp³-hybridized carbons (Fsp3) is 0.0455. The molecule has 0 saturated heterocycles. The Labute approximate surface area is 297 Å². The Morgan fingerprint density at radius 2 is 1.21 bits per heavy atom. The number of nitro groups is 1. The Kier molecular flexibility index (Phi) is 7.99. The van der Waals surface area contributed by atoms with Gasteiger partial charge in [-0.05, 0) is 67.6 Å². The maximum Gasteiger partial charge on any atom is 0.277 e. The van der Waals surface area contributed by atoms with Crippen LogP contribution >= 0.6 is 0 Å². The molecule has 0 amide bonds. The number of benzene rings is 6. The summed E-state index contributed by atoms with van der Waals surface area (Å²) in [6.07, 6.45) is 5.76. The molecule has 0 aliphatic heterocycles. The van der Waals surface area contributed by atoms with Crippen molar-refractivity contribution in [1.82, 2.24) is 9.13 Å². The van der Waals surface area contributed by atoms with Crippen LogP contribution in [0.5, 0.6) is 5.75 Å². The number of para-hydroxylation sites is 3. The summed E-state index contributed by atoms with van der Waals surface area (Å²) in [4.78, 5) is 11.9. The lowest BCUT2D eigenvalue weighted by molar-refractivity contribution is -0.384. The molecule has 8 rings (SSSR count). The van der Waals surface area contributed by atoms with E-state index >= 15 is 8.78 Å². The molecule has 0 aliphatic rings. The Morgan fingerprint density at radius 3 is 1.81 bits per heavy atom. The highest BCUT2D eigenvalue weighted by Gasteiger charge is 2.25. The quantitative estimate of drug-likeness (QED) is 0.118. The number of hydrogen-bond donors (Lipinski definition) is 0. The van der Waals surface area contributed by atoms with E-state index in [-0.39, 0.29) is 22.4 Å². The van der Waals surface area contributed by atoms with E-state index in [0.29, 0.717) is 22.7 Å². The normalized spacial score (nSPS) is 11.6. The first-order valence-corrected chi connectivity index (χ1v) is 16.7. The second-order valence-electron chi connectivity index (χ2n) is 12.4. The zero-order valence-electron chi connectivity index (χ0n) is 28.3. The highest BCUT2D eigenvalue weighted by molar-refractivity contribution is 6.09. The number of methoxy groups -OCH3 is 1. The molecule has 8 heteroatoms. The van der Waals surface area contributed by atoms with Gasteiger partial charge in [-0.1, -0.05) is 73.3 Å². The van der Waals surface area contributed by atoms with Crippen LogP contribution in [0, 0.1) is 21.7 Å². The fourth-order valence-corrected chi connectivity index (χ4v) is 7.35. The van der Waals surface area contributed by atoms with Crippen LogP contribution in [-0.2, 0) is 0 Å². The van der Waals surface area contributed by atoms with Gasteiger partial charge in [0.05, 0.1) is 39.8 Å². The van der Waals surface area contributed by atoms with Crippen molar-refractivity contribution in [2.45, 2.75) is 6.92 Å². The second-order valence-corrected chi connectivity index (χ2v) is 12.4. The van der Waals surface area contributed by atoms with Gasteiger partial charge in [0.1, 0.15) is 17.4 Å². The third-order valence-corrected chi connectivity index (χ3v) is 9.57. The summed E-state index contributed by atoms with van der Waals surface area (Å²) < 4.78 is 41.8. The van der Waals surface area contributed by atoms with E-state index in [0.717, 1.165) is 50.0 Å². The minimum atomic E-state index is -0.930. The van der Waals surface area contributed by atoms with Gasteiger partial charge in [-0.25, -0.2) is 8.78 Å². The maximum atomic E-state index is 16.0. The Hall–Kier alpha value is -6.80. The Bertz CT molecular complexity index is 2720. The molecule has 0 spiro atoms. The molecule has 2 aromatic heterocycles. The lowest BCUT2D eigenvalue weighted by atomic mass is 9.95. The second kappa shape index (κ2) is 12.8. The van der Waals surface area contributed by atoms with Gasteiger partial charge < -0.3 is 13.9 Å². The molecule has 0 fully saturated rings. The van der Waals surface area contributed by atoms with Crippen molar-refractivity contribution in [1.29, 1.82) is 0 Å².